The van der Waals surface area contributed by atoms with Crippen molar-refractivity contribution >= 4 is 5.91 Å². The van der Waals surface area contributed by atoms with E-state index in [9.17, 15) is 4.79 Å². The highest BCUT2D eigenvalue weighted by atomic mass is 16.1. The number of nitrogens with zero attached hydrogens (tertiary/aromatic N) is 1. The van der Waals surface area contributed by atoms with E-state index in [0.29, 0.717) is 12.5 Å². The first-order valence-electron chi connectivity index (χ1n) is 9.85. The molecule has 0 aliphatic rings. The summed E-state index contributed by atoms with van der Waals surface area (Å²) in [6.45, 7) is 10.9. The van der Waals surface area contributed by atoms with Gasteiger partial charge in [-0.1, -0.05) is 69.0 Å². The predicted molar refractivity (Wildman–Crippen MR) is 108 cm³/mol. The predicted octanol–water partition coefficient (Wildman–Crippen LogP) is 5.10. The van der Waals surface area contributed by atoms with Gasteiger partial charge in [-0.3, -0.25) is 9.69 Å². The first kappa shape index (κ1) is 21.4. The minimum Gasteiger partial charge on any atom is -0.356 e. The maximum absolute atomic E-state index is 11.9. The Balaban J connectivity index is 2.24. The molecule has 0 saturated carbocycles. The molecule has 0 fully saturated rings. The Morgan fingerprint density at radius 1 is 1.16 bits per heavy atom. The van der Waals surface area contributed by atoms with E-state index in [1.807, 2.05) is 12.1 Å². The lowest BCUT2D eigenvalue weighted by Crippen LogP contribution is -2.32. The second-order valence-corrected chi connectivity index (χ2v) is 6.74. The third-order valence-electron chi connectivity index (χ3n) is 4.64. The number of rotatable bonds is 14. The van der Waals surface area contributed by atoms with Gasteiger partial charge in [-0.2, -0.15) is 0 Å². The van der Waals surface area contributed by atoms with E-state index in [4.69, 9.17) is 0 Å². The Morgan fingerprint density at radius 2 is 1.88 bits per heavy atom. The lowest BCUT2D eigenvalue weighted by Gasteiger charge is -2.28. The molecule has 1 rings (SSSR count). The number of amides is 1. The Hall–Kier alpha value is -1.61. The molecule has 1 atom stereocenters. The molecular weight excluding hydrogens is 308 g/mol. The molecule has 0 spiro atoms. The average molecular weight is 345 g/mol. The first-order chi connectivity index (χ1) is 12.2. The molecule has 1 N–H and O–H groups in total. The summed E-state index contributed by atoms with van der Waals surface area (Å²) in [4.78, 5) is 14.3. The van der Waals surface area contributed by atoms with Crippen molar-refractivity contribution in [3.63, 3.8) is 0 Å². The van der Waals surface area contributed by atoms with Crippen LogP contribution in [0.15, 0.2) is 43.0 Å². The van der Waals surface area contributed by atoms with Crippen LogP contribution in [0.1, 0.15) is 70.4 Å². The van der Waals surface area contributed by atoms with Gasteiger partial charge in [0.1, 0.15) is 0 Å². The normalized spacial score (nSPS) is 12.1. The van der Waals surface area contributed by atoms with E-state index in [2.05, 4.69) is 54.9 Å². The Labute approximate surface area is 154 Å². The molecule has 0 aliphatic heterocycles. The van der Waals surface area contributed by atoms with Crippen LogP contribution in [0.2, 0.25) is 0 Å². The zero-order chi connectivity index (χ0) is 18.3. The second kappa shape index (κ2) is 13.7. The zero-order valence-electron chi connectivity index (χ0n) is 16.2. The van der Waals surface area contributed by atoms with Crippen LogP contribution in [0, 0.1) is 0 Å². The van der Waals surface area contributed by atoms with Gasteiger partial charge in [-0.15, -0.1) is 6.58 Å². The zero-order valence-corrected chi connectivity index (χ0v) is 16.2. The van der Waals surface area contributed by atoms with Crippen LogP contribution in [0.3, 0.4) is 0 Å². The summed E-state index contributed by atoms with van der Waals surface area (Å²) in [5.41, 5.74) is 1.32. The van der Waals surface area contributed by atoms with Crippen molar-refractivity contribution in [2.75, 3.05) is 19.6 Å². The largest absolute Gasteiger partial charge is 0.356 e. The Morgan fingerprint density at radius 3 is 2.56 bits per heavy atom. The lowest BCUT2D eigenvalue weighted by atomic mass is 10.1. The van der Waals surface area contributed by atoms with Gasteiger partial charge in [0.25, 0.3) is 0 Å². The summed E-state index contributed by atoms with van der Waals surface area (Å²) in [7, 11) is 0. The fourth-order valence-corrected chi connectivity index (χ4v) is 3.04. The van der Waals surface area contributed by atoms with Gasteiger partial charge < -0.3 is 5.32 Å². The Kier molecular flexibility index (Phi) is 11.7. The number of carbonyl (C=O) groups is 1. The summed E-state index contributed by atoms with van der Waals surface area (Å²) in [5.74, 6) is 0.197. The molecule has 0 aliphatic carbocycles. The number of benzene rings is 1. The van der Waals surface area contributed by atoms with Crippen LogP contribution < -0.4 is 5.32 Å². The van der Waals surface area contributed by atoms with Crippen LogP contribution in [-0.4, -0.2) is 30.4 Å². The molecule has 0 bridgehead atoms. The van der Waals surface area contributed by atoms with Crippen molar-refractivity contribution in [2.24, 2.45) is 0 Å². The molecule has 1 aromatic rings. The second-order valence-electron chi connectivity index (χ2n) is 6.74. The highest BCUT2D eigenvalue weighted by Crippen LogP contribution is 2.19. The number of carbonyl (C=O) groups excluding carboxylic acids is 1. The van der Waals surface area contributed by atoms with Gasteiger partial charge in [0, 0.05) is 32.1 Å². The van der Waals surface area contributed by atoms with E-state index in [0.717, 1.165) is 32.5 Å². The van der Waals surface area contributed by atoms with E-state index in [-0.39, 0.29) is 5.91 Å². The van der Waals surface area contributed by atoms with Crippen LogP contribution >= 0.6 is 0 Å². The third kappa shape index (κ3) is 9.45. The monoisotopic (exact) mass is 344 g/mol. The minimum atomic E-state index is 0.197. The minimum absolute atomic E-state index is 0.197. The number of hydrogen-bond acceptors (Lipinski definition) is 2. The van der Waals surface area contributed by atoms with E-state index in [1.165, 1.54) is 31.2 Å². The molecule has 1 aromatic carbocycles. The first-order valence-corrected chi connectivity index (χ1v) is 9.85. The molecular formula is C22H36N2O. The van der Waals surface area contributed by atoms with Crippen molar-refractivity contribution in [1.82, 2.24) is 10.2 Å². The maximum atomic E-state index is 11.9. The van der Waals surface area contributed by atoms with Gasteiger partial charge in [0.05, 0.1) is 0 Å². The molecule has 1 unspecified atom stereocenters. The third-order valence-corrected chi connectivity index (χ3v) is 4.64. The summed E-state index contributed by atoms with van der Waals surface area (Å²) >= 11 is 0. The highest BCUT2D eigenvalue weighted by molar-refractivity contribution is 5.75. The van der Waals surface area contributed by atoms with Gasteiger partial charge >= 0.3 is 0 Å². The molecule has 0 saturated heterocycles. The maximum Gasteiger partial charge on any atom is 0.219 e. The van der Waals surface area contributed by atoms with Gasteiger partial charge in [-0.25, -0.2) is 0 Å². The van der Waals surface area contributed by atoms with Crippen molar-refractivity contribution in [2.45, 2.75) is 64.8 Å². The summed E-state index contributed by atoms with van der Waals surface area (Å²) < 4.78 is 0. The van der Waals surface area contributed by atoms with Crippen LogP contribution in [0.5, 0.6) is 0 Å². The van der Waals surface area contributed by atoms with Crippen molar-refractivity contribution in [3.8, 4) is 0 Å². The van der Waals surface area contributed by atoms with Gasteiger partial charge in [0.15, 0.2) is 0 Å². The molecule has 0 radical (unpaired) electrons. The standard InChI is InChI=1S/C22H36N2O/c1-4-6-7-8-12-16-22(25)23-17-13-19-24(18-5-2)20(3)21-14-10-9-11-15-21/h5,9-11,14-15,20H,2,4,6-8,12-13,16-19H2,1,3H3,(H,23,25). The number of hydrogen-bond donors (Lipinski definition) is 1. The molecule has 0 heterocycles. The smallest absolute Gasteiger partial charge is 0.219 e. The molecule has 25 heavy (non-hydrogen) atoms. The van der Waals surface area contributed by atoms with E-state index >= 15 is 0 Å². The van der Waals surface area contributed by atoms with Crippen molar-refractivity contribution < 1.29 is 4.79 Å². The summed E-state index contributed by atoms with van der Waals surface area (Å²) in [5, 5.41) is 3.06. The number of nitrogens with one attached hydrogen (secondary N) is 1. The molecule has 0 aromatic heterocycles. The Bertz CT molecular complexity index is 472. The fraction of sp³-hybridized carbons (Fsp3) is 0.591. The van der Waals surface area contributed by atoms with Crippen LogP contribution in [-0.2, 0) is 4.79 Å². The van der Waals surface area contributed by atoms with E-state index < -0.39 is 0 Å². The van der Waals surface area contributed by atoms with Crippen LogP contribution in [0.25, 0.3) is 0 Å². The summed E-state index contributed by atoms with van der Waals surface area (Å²) in [6.07, 6.45) is 9.54. The quantitative estimate of drug-likeness (QED) is 0.376. The average Bonchev–Trinajstić information content (AvgIpc) is 2.64. The molecule has 140 valence electrons. The highest BCUT2D eigenvalue weighted by Gasteiger charge is 2.13. The molecule has 3 nitrogen and oxygen atoms in total. The SMILES string of the molecule is C=CCN(CCCNC(=O)CCCCCCC)C(C)c1ccccc1. The lowest BCUT2D eigenvalue weighted by molar-refractivity contribution is -0.121. The topological polar surface area (TPSA) is 32.3 Å². The van der Waals surface area contributed by atoms with Crippen LogP contribution in [0.4, 0.5) is 0 Å². The molecule has 3 heteroatoms. The van der Waals surface area contributed by atoms with E-state index in [1.54, 1.807) is 0 Å². The number of unbranched alkanes of at least 4 members (excludes halogenated alkanes) is 4. The summed E-state index contributed by atoms with van der Waals surface area (Å²) in [6, 6.07) is 10.9. The van der Waals surface area contributed by atoms with Crippen molar-refractivity contribution in [3.05, 3.63) is 48.6 Å². The van der Waals surface area contributed by atoms with Gasteiger partial charge in [-0.05, 0) is 25.3 Å². The molecule has 1 amide bonds. The van der Waals surface area contributed by atoms with Crippen molar-refractivity contribution in [1.29, 1.82) is 0 Å². The van der Waals surface area contributed by atoms with Gasteiger partial charge in [0.2, 0.25) is 5.91 Å². The fourth-order valence-electron chi connectivity index (χ4n) is 3.04.